The van der Waals surface area contributed by atoms with Crippen LogP contribution in [0.25, 0.3) is 0 Å². The van der Waals surface area contributed by atoms with E-state index >= 15 is 0 Å². The third-order valence-corrected chi connectivity index (χ3v) is 4.23. The van der Waals surface area contributed by atoms with Gasteiger partial charge in [-0.1, -0.05) is 23.8 Å². The highest BCUT2D eigenvalue weighted by atomic mass is 19.1. The third kappa shape index (κ3) is 3.42. The van der Waals surface area contributed by atoms with Gasteiger partial charge in [-0.3, -0.25) is 9.59 Å². The molecule has 1 unspecified atom stereocenters. The summed E-state index contributed by atoms with van der Waals surface area (Å²) in [6, 6.07) is 10.5. The van der Waals surface area contributed by atoms with Crippen molar-refractivity contribution >= 4 is 29.2 Å². The molecule has 1 aliphatic heterocycles. The molecule has 0 aromatic heterocycles. The Hall–Kier alpha value is -3.22. The molecule has 0 spiro atoms. The summed E-state index contributed by atoms with van der Waals surface area (Å²) in [5.41, 5.74) is 2.07. The fourth-order valence-corrected chi connectivity index (χ4v) is 2.65. The van der Waals surface area contributed by atoms with E-state index < -0.39 is 29.6 Å². The minimum absolute atomic E-state index is 0.111. The summed E-state index contributed by atoms with van der Waals surface area (Å²) in [4.78, 5) is 38.2. The van der Waals surface area contributed by atoms with Crippen molar-refractivity contribution in [2.75, 3.05) is 16.8 Å². The summed E-state index contributed by atoms with van der Waals surface area (Å²) in [6.07, 6.45) is 0. The van der Waals surface area contributed by atoms with Crippen molar-refractivity contribution in [1.29, 1.82) is 0 Å². The van der Waals surface area contributed by atoms with Crippen molar-refractivity contribution in [2.45, 2.75) is 13.8 Å². The highest BCUT2D eigenvalue weighted by Gasteiger charge is 2.39. The first-order valence-corrected chi connectivity index (χ1v) is 8.12. The van der Waals surface area contributed by atoms with Crippen LogP contribution in [0.5, 0.6) is 0 Å². The number of aryl methyl sites for hydroxylation is 2. The van der Waals surface area contributed by atoms with Crippen LogP contribution in [0.4, 0.5) is 20.6 Å². The van der Waals surface area contributed by atoms with Crippen molar-refractivity contribution in [3.05, 3.63) is 59.4 Å². The number of nitrogens with zero attached hydrogens (tertiary/aromatic N) is 1. The average Bonchev–Trinajstić information content (AvgIpc) is 2.60. The number of rotatable bonds is 3. The number of imide groups is 1. The maximum atomic E-state index is 13.6. The summed E-state index contributed by atoms with van der Waals surface area (Å²) >= 11 is 0. The monoisotopic (exact) mass is 355 g/mol. The number of anilines is 2. The Morgan fingerprint density at radius 3 is 2.50 bits per heavy atom. The average molecular weight is 355 g/mol. The number of urea groups is 1. The maximum absolute atomic E-state index is 13.6. The minimum Gasteiger partial charge on any atom is -0.336 e. The minimum atomic E-state index is -1.10. The second-order valence-corrected chi connectivity index (χ2v) is 6.20. The molecule has 6 nitrogen and oxygen atoms in total. The van der Waals surface area contributed by atoms with E-state index in [1.807, 2.05) is 6.92 Å². The van der Waals surface area contributed by atoms with Gasteiger partial charge in [0.05, 0.1) is 5.69 Å². The second-order valence-electron chi connectivity index (χ2n) is 6.20. The van der Waals surface area contributed by atoms with E-state index in [0.717, 1.165) is 10.5 Å². The van der Waals surface area contributed by atoms with Gasteiger partial charge in [-0.2, -0.15) is 0 Å². The van der Waals surface area contributed by atoms with E-state index in [-0.39, 0.29) is 12.2 Å². The normalized spacial score (nSPS) is 17.0. The number of carbonyl (C=O) groups excluding carboxylic acids is 3. The van der Waals surface area contributed by atoms with Gasteiger partial charge in [0.2, 0.25) is 11.8 Å². The van der Waals surface area contributed by atoms with Crippen LogP contribution >= 0.6 is 0 Å². The van der Waals surface area contributed by atoms with Crippen LogP contribution in [-0.2, 0) is 9.59 Å². The van der Waals surface area contributed by atoms with E-state index in [0.29, 0.717) is 11.3 Å². The van der Waals surface area contributed by atoms with E-state index in [1.165, 1.54) is 12.1 Å². The molecule has 0 bridgehead atoms. The lowest BCUT2D eigenvalue weighted by molar-refractivity contribution is -0.130. The van der Waals surface area contributed by atoms with Gasteiger partial charge in [0.25, 0.3) is 0 Å². The van der Waals surface area contributed by atoms with E-state index in [4.69, 9.17) is 0 Å². The van der Waals surface area contributed by atoms with Crippen LogP contribution in [0, 0.1) is 25.6 Å². The molecular formula is C19H18FN3O3. The number of carbonyl (C=O) groups is 3. The summed E-state index contributed by atoms with van der Waals surface area (Å²) in [5.74, 6) is -2.77. The molecule has 7 heteroatoms. The molecule has 1 fully saturated rings. The molecule has 2 aromatic rings. The number of halogens is 1. The molecule has 1 aliphatic rings. The standard InChI is InChI=1S/C19H18FN3O3/c1-11-3-7-14(8-4-11)23-18(25)15(10-21-19(23)26)17(24)22-13-6-5-12(2)16(20)9-13/h3-9,15H,10H2,1-2H3,(H,21,26)(H,22,24). The molecule has 0 saturated carbocycles. The van der Waals surface area contributed by atoms with Gasteiger partial charge in [0.15, 0.2) is 0 Å². The Labute approximate surface area is 150 Å². The molecule has 4 amide bonds. The number of amides is 4. The first-order valence-electron chi connectivity index (χ1n) is 8.12. The van der Waals surface area contributed by atoms with Crippen LogP contribution in [0.1, 0.15) is 11.1 Å². The van der Waals surface area contributed by atoms with Crippen LogP contribution in [0.3, 0.4) is 0 Å². The van der Waals surface area contributed by atoms with Gasteiger partial charge in [0.1, 0.15) is 11.7 Å². The quantitative estimate of drug-likeness (QED) is 0.831. The summed E-state index contributed by atoms with van der Waals surface area (Å²) in [6.45, 7) is 3.39. The third-order valence-electron chi connectivity index (χ3n) is 4.23. The van der Waals surface area contributed by atoms with E-state index in [1.54, 1.807) is 37.3 Å². The largest absolute Gasteiger partial charge is 0.336 e. The molecule has 3 rings (SSSR count). The molecule has 26 heavy (non-hydrogen) atoms. The molecular weight excluding hydrogens is 337 g/mol. The van der Waals surface area contributed by atoms with Crippen molar-refractivity contribution in [1.82, 2.24) is 5.32 Å². The van der Waals surface area contributed by atoms with Crippen molar-refractivity contribution in [3.63, 3.8) is 0 Å². The van der Waals surface area contributed by atoms with Gasteiger partial charge < -0.3 is 10.6 Å². The maximum Gasteiger partial charge on any atom is 0.328 e. The van der Waals surface area contributed by atoms with Gasteiger partial charge >= 0.3 is 6.03 Å². The zero-order valence-electron chi connectivity index (χ0n) is 14.4. The summed E-state index contributed by atoms with van der Waals surface area (Å²) < 4.78 is 13.6. The van der Waals surface area contributed by atoms with Crippen LogP contribution in [0.2, 0.25) is 0 Å². The molecule has 0 radical (unpaired) electrons. The van der Waals surface area contributed by atoms with Gasteiger partial charge in [-0.15, -0.1) is 0 Å². The predicted octanol–water partition coefficient (Wildman–Crippen LogP) is 2.75. The Morgan fingerprint density at radius 2 is 1.85 bits per heavy atom. The Kier molecular flexibility index (Phi) is 4.71. The van der Waals surface area contributed by atoms with E-state index in [9.17, 15) is 18.8 Å². The van der Waals surface area contributed by atoms with Crippen molar-refractivity contribution < 1.29 is 18.8 Å². The topological polar surface area (TPSA) is 78.5 Å². The zero-order chi connectivity index (χ0) is 18.8. The molecule has 1 saturated heterocycles. The number of hydrogen-bond donors (Lipinski definition) is 2. The lowest BCUT2D eigenvalue weighted by Crippen LogP contribution is -2.58. The van der Waals surface area contributed by atoms with E-state index in [2.05, 4.69) is 10.6 Å². The fourth-order valence-electron chi connectivity index (χ4n) is 2.65. The van der Waals surface area contributed by atoms with Crippen molar-refractivity contribution in [2.24, 2.45) is 5.92 Å². The zero-order valence-corrected chi connectivity index (χ0v) is 14.4. The molecule has 1 heterocycles. The number of benzene rings is 2. The van der Waals surface area contributed by atoms with Crippen LogP contribution in [0.15, 0.2) is 42.5 Å². The highest BCUT2D eigenvalue weighted by molar-refractivity contribution is 6.23. The summed E-state index contributed by atoms with van der Waals surface area (Å²) in [7, 11) is 0. The smallest absolute Gasteiger partial charge is 0.328 e. The van der Waals surface area contributed by atoms with Crippen molar-refractivity contribution in [3.8, 4) is 0 Å². The lowest BCUT2D eigenvalue weighted by atomic mass is 10.0. The van der Waals surface area contributed by atoms with Gasteiger partial charge in [-0.25, -0.2) is 14.1 Å². The first-order chi connectivity index (χ1) is 12.4. The Morgan fingerprint density at radius 1 is 1.15 bits per heavy atom. The number of nitrogens with one attached hydrogen (secondary N) is 2. The van der Waals surface area contributed by atoms with Gasteiger partial charge in [-0.05, 0) is 43.7 Å². The molecule has 0 aliphatic carbocycles. The molecule has 1 atom stereocenters. The fraction of sp³-hybridized carbons (Fsp3) is 0.211. The predicted molar refractivity (Wildman–Crippen MR) is 95.3 cm³/mol. The van der Waals surface area contributed by atoms with Crippen LogP contribution < -0.4 is 15.5 Å². The first kappa shape index (κ1) is 17.6. The Balaban J connectivity index is 1.80. The summed E-state index contributed by atoms with van der Waals surface area (Å²) in [5, 5.41) is 5.07. The molecule has 2 N–H and O–H groups in total. The second kappa shape index (κ2) is 6.95. The molecule has 2 aromatic carbocycles. The molecule has 134 valence electrons. The van der Waals surface area contributed by atoms with Gasteiger partial charge in [0, 0.05) is 12.2 Å². The van der Waals surface area contributed by atoms with Crippen LogP contribution in [-0.4, -0.2) is 24.4 Å². The number of hydrogen-bond acceptors (Lipinski definition) is 3. The lowest BCUT2D eigenvalue weighted by Gasteiger charge is -2.30. The Bertz CT molecular complexity index is 880. The highest BCUT2D eigenvalue weighted by Crippen LogP contribution is 2.22. The SMILES string of the molecule is Cc1ccc(N2C(=O)NCC(C(=O)Nc3ccc(C)c(F)c3)C2=O)cc1.